The zero-order valence-corrected chi connectivity index (χ0v) is 13.6. The second-order valence-electron chi connectivity index (χ2n) is 4.81. The van der Waals surface area contributed by atoms with Crippen molar-refractivity contribution < 1.29 is 9.59 Å². The highest BCUT2D eigenvalue weighted by Crippen LogP contribution is 2.22. The second-order valence-corrected chi connectivity index (χ2v) is 5.66. The van der Waals surface area contributed by atoms with E-state index in [1.165, 1.54) is 0 Å². The van der Waals surface area contributed by atoms with Crippen LogP contribution in [0.25, 0.3) is 0 Å². The molecule has 0 aliphatic carbocycles. The van der Waals surface area contributed by atoms with Crippen LogP contribution in [0.3, 0.4) is 0 Å². The Morgan fingerprint density at radius 3 is 2.39 bits per heavy atom. The molecule has 0 spiro atoms. The highest BCUT2D eigenvalue weighted by molar-refractivity contribution is 6.35. The first-order valence-corrected chi connectivity index (χ1v) is 7.55. The fourth-order valence-electron chi connectivity index (χ4n) is 2.08. The lowest BCUT2D eigenvalue weighted by Gasteiger charge is -2.18. The van der Waals surface area contributed by atoms with Gasteiger partial charge in [0.15, 0.2) is 0 Å². The smallest absolute Gasteiger partial charge is 0.318 e. The van der Waals surface area contributed by atoms with Gasteiger partial charge in [0.25, 0.3) is 0 Å². The summed E-state index contributed by atoms with van der Waals surface area (Å²) in [4.78, 5) is 23.1. The Balaban J connectivity index is 2.17. The summed E-state index contributed by atoms with van der Waals surface area (Å²) in [5, 5.41) is 6.18. The SMILES string of the molecule is NC(=O)NC(=O)[C@H](NCc1ccc(Cl)cc1Cl)c1ccccc1. The van der Waals surface area contributed by atoms with Crippen molar-refractivity contribution in [2.75, 3.05) is 0 Å². The summed E-state index contributed by atoms with van der Waals surface area (Å²) in [6, 6.07) is 12.5. The normalized spacial score (nSPS) is 11.7. The molecule has 5 nitrogen and oxygen atoms in total. The third kappa shape index (κ3) is 4.96. The number of benzene rings is 2. The van der Waals surface area contributed by atoms with Gasteiger partial charge in [0, 0.05) is 16.6 Å². The molecule has 0 aliphatic rings. The van der Waals surface area contributed by atoms with Crippen LogP contribution in [-0.2, 0) is 11.3 Å². The third-order valence-corrected chi connectivity index (χ3v) is 3.74. The summed E-state index contributed by atoms with van der Waals surface area (Å²) in [7, 11) is 0. The molecule has 0 aliphatic heterocycles. The van der Waals surface area contributed by atoms with Gasteiger partial charge in [0.1, 0.15) is 6.04 Å². The van der Waals surface area contributed by atoms with Crippen LogP contribution in [0, 0.1) is 0 Å². The molecule has 0 saturated heterocycles. The number of carbonyl (C=O) groups excluding carboxylic acids is 2. The van der Waals surface area contributed by atoms with Crippen molar-refractivity contribution in [2.45, 2.75) is 12.6 Å². The summed E-state index contributed by atoms with van der Waals surface area (Å²) >= 11 is 12.0. The monoisotopic (exact) mass is 351 g/mol. The number of hydrogen-bond donors (Lipinski definition) is 3. The number of carbonyl (C=O) groups is 2. The maximum atomic E-state index is 12.2. The van der Waals surface area contributed by atoms with Crippen molar-refractivity contribution in [2.24, 2.45) is 5.73 Å². The van der Waals surface area contributed by atoms with Crippen LogP contribution in [0.5, 0.6) is 0 Å². The molecule has 2 aromatic carbocycles. The summed E-state index contributed by atoms with van der Waals surface area (Å²) in [6.07, 6.45) is 0. The molecular weight excluding hydrogens is 337 g/mol. The minimum Gasteiger partial charge on any atom is -0.351 e. The Morgan fingerprint density at radius 2 is 1.78 bits per heavy atom. The van der Waals surface area contributed by atoms with Crippen molar-refractivity contribution in [3.63, 3.8) is 0 Å². The van der Waals surface area contributed by atoms with Crippen molar-refractivity contribution in [1.82, 2.24) is 10.6 Å². The molecule has 0 heterocycles. The van der Waals surface area contributed by atoms with E-state index in [9.17, 15) is 9.59 Å². The Kier molecular flexibility index (Phi) is 5.98. The van der Waals surface area contributed by atoms with Gasteiger partial charge in [-0.1, -0.05) is 59.6 Å². The summed E-state index contributed by atoms with van der Waals surface area (Å²) in [5.41, 5.74) is 6.51. The fourth-order valence-corrected chi connectivity index (χ4v) is 2.55. The van der Waals surface area contributed by atoms with Crippen molar-refractivity contribution in [3.05, 3.63) is 69.7 Å². The summed E-state index contributed by atoms with van der Waals surface area (Å²) in [6.45, 7) is 0.321. The lowest BCUT2D eigenvalue weighted by Crippen LogP contribution is -2.42. The average Bonchev–Trinajstić information content (AvgIpc) is 2.50. The molecule has 0 saturated carbocycles. The van der Waals surface area contributed by atoms with Gasteiger partial charge in [0.2, 0.25) is 5.91 Å². The quantitative estimate of drug-likeness (QED) is 0.773. The van der Waals surface area contributed by atoms with Crippen LogP contribution in [0.2, 0.25) is 10.0 Å². The van der Waals surface area contributed by atoms with Crippen LogP contribution in [0.15, 0.2) is 48.5 Å². The topological polar surface area (TPSA) is 84.2 Å². The van der Waals surface area contributed by atoms with Crippen LogP contribution >= 0.6 is 23.2 Å². The first kappa shape index (κ1) is 17.3. The molecule has 1 atom stereocenters. The number of urea groups is 1. The van der Waals surface area contributed by atoms with Crippen molar-refractivity contribution >= 4 is 35.1 Å². The number of rotatable bonds is 5. The molecule has 2 rings (SSSR count). The largest absolute Gasteiger partial charge is 0.351 e. The van der Waals surface area contributed by atoms with E-state index in [0.717, 1.165) is 5.56 Å². The maximum Gasteiger partial charge on any atom is 0.318 e. The first-order chi connectivity index (χ1) is 11.0. The van der Waals surface area contributed by atoms with Gasteiger partial charge in [-0.2, -0.15) is 0 Å². The molecule has 7 heteroatoms. The number of primary amides is 1. The maximum absolute atomic E-state index is 12.2. The molecule has 0 aromatic heterocycles. The molecular formula is C16H15Cl2N3O2. The zero-order chi connectivity index (χ0) is 16.8. The molecule has 0 radical (unpaired) electrons. The van der Waals surface area contributed by atoms with E-state index in [1.54, 1.807) is 42.5 Å². The lowest BCUT2D eigenvalue weighted by molar-refractivity contribution is -0.122. The summed E-state index contributed by atoms with van der Waals surface area (Å²) < 4.78 is 0. The van der Waals surface area contributed by atoms with Gasteiger partial charge in [-0.05, 0) is 23.3 Å². The second kappa shape index (κ2) is 7.97. The predicted octanol–water partition coefficient (Wildman–Crippen LogP) is 3.02. The van der Waals surface area contributed by atoms with Gasteiger partial charge in [-0.15, -0.1) is 0 Å². The Bertz CT molecular complexity index is 708. The van der Waals surface area contributed by atoms with Gasteiger partial charge >= 0.3 is 6.03 Å². The van der Waals surface area contributed by atoms with Crippen LogP contribution < -0.4 is 16.4 Å². The lowest BCUT2D eigenvalue weighted by atomic mass is 10.1. The highest BCUT2D eigenvalue weighted by Gasteiger charge is 2.21. The van der Waals surface area contributed by atoms with E-state index in [2.05, 4.69) is 10.6 Å². The van der Waals surface area contributed by atoms with E-state index < -0.39 is 18.0 Å². The van der Waals surface area contributed by atoms with Crippen molar-refractivity contribution in [1.29, 1.82) is 0 Å². The molecule has 4 N–H and O–H groups in total. The Morgan fingerprint density at radius 1 is 1.09 bits per heavy atom. The van der Waals surface area contributed by atoms with E-state index in [-0.39, 0.29) is 0 Å². The number of halogens is 2. The van der Waals surface area contributed by atoms with Gasteiger partial charge in [0.05, 0.1) is 0 Å². The molecule has 0 unspecified atom stereocenters. The van der Waals surface area contributed by atoms with Crippen LogP contribution in [0.1, 0.15) is 17.2 Å². The summed E-state index contributed by atoms with van der Waals surface area (Å²) in [5.74, 6) is -0.534. The van der Waals surface area contributed by atoms with Gasteiger partial charge in [-0.25, -0.2) is 4.79 Å². The van der Waals surface area contributed by atoms with Crippen LogP contribution in [0.4, 0.5) is 4.79 Å². The minimum absolute atomic E-state index is 0.321. The van der Waals surface area contributed by atoms with E-state index in [1.807, 2.05) is 6.07 Å². The standard InChI is InChI=1S/C16H15Cl2N3O2/c17-12-7-6-11(13(18)8-12)9-20-14(15(22)21-16(19)23)10-4-2-1-3-5-10/h1-8,14,20H,9H2,(H3,19,21,22,23)/t14-/m1/s1. The molecule has 3 amide bonds. The number of imide groups is 1. The third-order valence-electron chi connectivity index (χ3n) is 3.15. The van der Waals surface area contributed by atoms with E-state index >= 15 is 0 Å². The van der Waals surface area contributed by atoms with E-state index in [0.29, 0.717) is 22.2 Å². The minimum atomic E-state index is -0.901. The molecule has 0 bridgehead atoms. The molecule has 2 aromatic rings. The average molecular weight is 352 g/mol. The molecule has 120 valence electrons. The Labute approximate surface area is 143 Å². The number of hydrogen-bond acceptors (Lipinski definition) is 3. The number of amides is 3. The van der Waals surface area contributed by atoms with E-state index in [4.69, 9.17) is 28.9 Å². The molecule has 0 fully saturated rings. The fraction of sp³-hybridized carbons (Fsp3) is 0.125. The highest BCUT2D eigenvalue weighted by atomic mass is 35.5. The molecule has 23 heavy (non-hydrogen) atoms. The van der Waals surface area contributed by atoms with Crippen LogP contribution in [-0.4, -0.2) is 11.9 Å². The predicted molar refractivity (Wildman–Crippen MR) is 90.2 cm³/mol. The van der Waals surface area contributed by atoms with Gasteiger partial charge < -0.3 is 5.73 Å². The zero-order valence-electron chi connectivity index (χ0n) is 12.1. The first-order valence-electron chi connectivity index (χ1n) is 6.80. The number of nitrogens with one attached hydrogen (secondary N) is 2. The number of nitrogens with two attached hydrogens (primary N) is 1. The van der Waals surface area contributed by atoms with Crippen molar-refractivity contribution in [3.8, 4) is 0 Å². The van der Waals surface area contributed by atoms with Gasteiger partial charge in [-0.3, -0.25) is 15.4 Å². The Hall–Kier alpha value is -2.08.